The lowest BCUT2D eigenvalue weighted by Crippen LogP contribution is -2.26. The number of unbranched alkanes of at least 4 members (excludes halogenated alkanes) is 3. The van der Waals surface area contributed by atoms with Crippen LogP contribution in [0.4, 0.5) is 5.82 Å². The maximum Gasteiger partial charge on any atom is 0.251 e. The predicted octanol–water partition coefficient (Wildman–Crippen LogP) is 2.97. The van der Waals surface area contributed by atoms with E-state index in [1.807, 2.05) is 6.07 Å². The van der Waals surface area contributed by atoms with Crippen LogP contribution < -0.4 is 16.6 Å². The van der Waals surface area contributed by atoms with Crippen molar-refractivity contribution in [1.29, 1.82) is 0 Å². The highest BCUT2D eigenvalue weighted by atomic mass is 16.1. The van der Waals surface area contributed by atoms with Gasteiger partial charge in [-0.2, -0.15) is 0 Å². The summed E-state index contributed by atoms with van der Waals surface area (Å²) in [6.07, 6.45) is 4.56. The molecule has 1 aromatic rings. The lowest BCUT2D eigenvalue weighted by molar-refractivity contribution is 0.0952. The predicted molar refractivity (Wildman–Crippen MR) is 87.2 cm³/mol. The largest absolute Gasteiger partial charge is 0.352 e. The fourth-order valence-corrected chi connectivity index (χ4v) is 1.98. The number of carbonyl (C=O) groups is 1. The molecule has 0 unspecified atom stereocenters. The fourth-order valence-electron chi connectivity index (χ4n) is 1.98. The number of hydrazine groups is 1. The van der Waals surface area contributed by atoms with Crippen LogP contribution in [0.3, 0.4) is 0 Å². The molecule has 0 fully saturated rings. The Morgan fingerprint density at radius 1 is 1.24 bits per heavy atom. The average Bonchev–Trinajstić information content (AvgIpc) is 2.45. The number of nitrogen functional groups attached to an aromatic ring is 1. The first-order valence-electron chi connectivity index (χ1n) is 7.66. The molecular weight excluding hydrogens is 264 g/mol. The molecule has 0 aliphatic carbocycles. The Labute approximate surface area is 127 Å². The lowest BCUT2D eigenvalue weighted by Gasteiger charge is -2.19. The Bertz CT molecular complexity index is 466. The molecule has 0 bridgehead atoms. The highest BCUT2D eigenvalue weighted by Gasteiger charge is 2.19. The van der Waals surface area contributed by atoms with Crippen LogP contribution in [0, 0.1) is 0 Å². The molecule has 5 heteroatoms. The molecule has 0 saturated carbocycles. The molecule has 1 aromatic heterocycles. The van der Waals surface area contributed by atoms with Gasteiger partial charge in [0.2, 0.25) is 0 Å². The van der Waals surface area contributed by atoms with Crippen molar-refractivity contribution in [2.24, 2.45) is 5.84 Å². The SMILES string of the molecule is CCCCCCNC(=O)c1cc(NN)nc(C(C)(C)C)c1. The molecule has 5 nitrogen and oxygen atoms in total. The van der Waals surface area contributed by atoms with Crippen LogP contribution in [0.15, 0.2) is 12.1 Å². The summed E-state index contributed by atoms with van der Waals surface area (Å²) in [5.41, 5.74) is 3.83. The number of nitrogens with two attached hydrogens (primary N) is 1. The minimum absolute atomic E-state index is 0.0732. The van der Waals surface area contributed by atoms with Gasteiger partial charge in [0.1, 0.15) is 5.82 Å². The van der Waals surface area contributed by atoms with Gasteiger partial charge < -0.3 is 10.7 Å². The van der Waals surface area contributed by atoms with E-state index in [-0.39, 0.29) is 11.3 Å². The van der Waals surface area contributed by atoms with E-state index in [2.05, 4.69) is 43.4 Å². The van der Waals surface area contributed by atoms with Crippen LogP contribution in [0.2, 0.25) is 0 Å². The monoisotopic (exact) mass is 292 g/mol. The zero-order valence-electron chi connectivity index (χ0n) is 13.6. The number of rotatable bonds is 7. The van der Waals surface area contributed by atoms with Gasteiger partial charge in [-0.15, -0.1) is 0 Å². The molecule has 1 rings (SSSR count). The quantitative estimate of drug-likeness (QED) is 0.410. The normalized spacial score (nSPS) is 11.3. The second-order valence-corrected chi connectivity index (χ2v) is 6.34. The highest BCUT2D eigenvalue weighted by Crippen LogP contribution is 2.23. The van der Waals surface area contributed by atoms with Crippen molar-refractivity contribution in [1.82, 2.24) is 10.3 Å². The molecular formula is C16H28N4O. The van der Waals surface area contributed by atoms with E-state index in [9.17, 15) is 4.79 Å². The van der Waals surface area contributed by atoms with Crippen LogP contribution >= 0.6 is 0 Å². The zero-order valence-corrected chi connectivity index (χ0v) is 13.6. The van der Waals surface area contributed by atoms with Crippen molar-refractivity contribution < 1.29 is 4.79 Å². The molecule has 0 aliphatic heterocycles. The van der Waals surface area contributed by atoms with Crippen molar-refractivity contribution in [3.05, 3.63) is 23.4 Å². The summed E-state index contributed by atoms with van der Waals surface area (Å²) in [4.78, 5) is 16.6. The van der Waals surface area contributed by atoms with Gasteiger partial charge >= 0.3 is 0 Å². The van der Waals surface area contributed by atoms with E-state index in [1.54, 1.807) is 6.07 Å². The Kier molecular flexibility index (Phi) is 6.62. The summed E-state index contributed by atoms with van der Waals surface area (Å²) in [5, 5.41) is 2.95. The van der Waals surface area contributed by atoms with E-state index in [4.69, 9.17) is 5.84 Å². The maximum atomic E-state index is 12.2. The summed E-state index contributed by atoms with van der Waals surface area (Å²) in [5.74, 6) is 5.88. The highest BCUT2D eigenvalue weighted by molar-refractivity contribution is 5.95. The number of nitrogens with zero attached hydrogens (tertiary/aromatic N) is 1. The molecule has 0 saturated heterocycles. The molecule has 0 aromatic carbocycles. The molecule has 0 spiro atoms. The summed E-state index contributed by atoms with van der Waals surface area (Å²) >= 11 is 0. The van der Waals surface area contributed by atoms with Gasteiger partial charge in [0.25, 0.3) is 5.91 Å². The average molecular weight is 292 g/mol. The molecule has 4 N–H and O–H groups in total. The van der Waals surface area contributed by atoms with Crippen LogP contribution in [-0.4, -0.2) is 17.4 Å². The van der Waals surface area contributed by atoms with Gasteiger partial charge in [0.05, 0.1) is 0 Å². The number of anilines is 1. The Balaban J connectivity index is 2.74. The van der Waals surface area contributed by atoms with E-state index >= 15 is 0 Å². The van der Waals surface area contributed by atoms with E-state index in [0.29, 0.717) is 17.9 Å². The lowest BCUT2D eigenvalue weighted by atomic mass is 9.90. The first-order chi connectivity index (χ1) is 9.88. The van der Waals surface area contributed by atoms with E-state index < -0.39 is 0 Å². The van der Waals surface area contributed by atoms with Crippen LogP contribution in [0.25, 0.3) is 0 Å². The molecule has 0 radical (unpaired) electrons. The van der Waals surface area contributed by atoms with E-state index in [0.717, 1.165) is 18.5 Å². The Hall–Kier alpha value is -1.62. The van der Waals surface area contributed by atoms with E-state index in [1.165, 1.54) is 12.8 Å². The topological polar surface area (TPSA) is 80.0 Å². The van der Waals surface area contributed by atoms with Crippen LogP contribution in [-0.2, 0) is 5.41 Å². The second kappa shape index (κ2) is 7.98. The summed E-state index contributed by atoms with van der Waals surface area (Å²) in [7, 11) is 0. The first-order valence-corrected chi connectivity index (χ1v) is 7.66. The smallest absolute Gasteiger partial charge is 0.251 e. The minimum Gasteiger partial charge on any atom is -0.352 e. The van der Waals surface area contributed by atoms with Crippen molar-refractivity contribution >= 4 is 11.7 Å². The van der Waals surface area contributed by atoms with Gasteiger partial charge in [-0.1, -0.05) is 47.0 Å². The number of amides is 1. The zero-order chi connectivity index (χ0) is 15.9. The summed E-state index contributed by atoms with van der Waals surface area (Å²) < 4.78 is 0. The summed E-state index contributed by atoms with van der Waals surface area (Å²) in [6, 6.07) is 3.51. The third kappa shape index (κ3) is 5.71. The number of hydrogen-bond acceptors (Lipinski definition) is 4. The summed E-state index contributed by atoms with van der Waals surface area (Å²) in [6.45, 7) is 9.05. The van der Waals surface area contributed by atoms with Crippen molar-refractivity contribution in [2.75, 3.05) is 12.0 Å². The van der Waals surface area contributed by atoms with Gasteiger partial charge in [0, 0.05) is 23.2 Å². The Morgan fingerprint density at radius 3 is 2.52 bits per heavy atom. The van der Waals surface area contributed by atoms with Gasteiger partial charge in [-0.3, -0.25) is 4.79 Å². The van der Waals surface area contributed by atoms with Gasteiger partial charge in [0.15, 0.2) is 0 Å². The molecule has 21 heavy (non-hydrogen) atoms. The first kappa shape index (κ1) is 17.4. The van der Waals surface area contributed by atoms with Gasteiger partial charge in [-0.25, -0.2) is 10.8 Å². The Morgan fingerprint density at radius 2 is 1.95 bits per heavy atom. The molecule has 1 heterocycles. The van der Waals surface area contributed by atoms with Crippen molar-refractivity contribution in [3.8, 4) is 0 Å². The van der Waals surface area contributed by atoms with Crippen molar-refractivity contribution in [2.45, 2.75) is 58.8 Å². The molecule has 0 aliphatic rings. The molecule has 118 valence electrons. The molecule has 0 atom stereocenters. The number of pyridine rings is 1. The van der Waals surface area contributed by atoms with Gasteiger partial charge in [-0.05, 0) is 18.6 Å². The molecule has 1 amide bonds. The van der Waals surface area contributed by atoms with Crippen LogP contribution in [0.5, 0.6) is 0 Å². The third-order valence-electron chi connectivity index (χ3n) is 3.32. The standard InChI is InChI=1S/C16H28N4O/c1-5-6-7-8-9-18-15(21)12-10-13(16(2,3)4)19-14(11-12)20-17/h10-11H,5-9,17H2,1-4H3,(H,18,21)(H,19,20). The van der Waals surface area contributed by atoms with Crippen molar-refractivity contribution in [3.63, 3.8) is 0 Å². The maximum absolute atomic E-state index is 12.2. The van der Waals surface area contributed by atoms with Crippen LogP contribution in [0.1, 0.15) is 69.4 Å². The number of hydrogen-bond donors (Lipinski definition) is 3. The fraction of sp³-hybridized carbons (Fsp3) is 0.625. The number of carbonyl (C=O) groups excluding carboxylic acids is 1. The number of aromatic nitrogens is 1. The minimum atomic E-state index is -0.136. The third-order valence-corrected chi connectivity index (χ3v) is 3.32. The second-order valence-electron chi connectivity index (χ2n) is 6.34. The number of nitrogens with one attached hydrogen (secondary N) is 2.